The molecule has 0 aromatic heterocycles. The van der Waals surface area contributed by atoms with E-state index in [0.29, 0.717) is 12.5 Å². The van der Waals surface area contributed by atoms with Crippen LogP contribution in [0.25, 0.3) is 0 Å². The second-order valence-corrected chi connectivity index (χ2v) is 4.43. The molecule has 0 aromatic carbocycles. The summed E-state index contributed by atoms with van der Waals surface area (Å²) >= 11 is 0. The van der Waals surface area contributed by atoms with Crippen LogP contribution in [0.15, 0.2) is 0 Å². The number of aliphatic hydroxyl groups is 1. The number of hydrogen-bond donors (Lipinski definition) is 3. The van der Waals surface area contributed by atoms with Crippen LogP contribution >= 0.6 is 0 Å². The largest absolute Gasteiger partial charge is 0.394 e. The van der Waals surface area contributed by atoms with Gasteiger partial charge in [0.2, 0.25) is 0 Å². The van der Waals surface area contributed by atoms with Crippen LogP contribution in [0.1, 0.15) is 38.5 Å². The van der Waals surface area contributed by atoms with Crippen LogP contribution in [0.5, 0.6) is 0 Å². The highest BCUT2D eigenvalue weighted by Crippen LogP contribution is 2.29. The molecule has 3 nitrogen and oxygen atoms in total. The van der Waals surface area contributed by atoms with Crippen LogP contribution in [-0.4, -0.2) is 23.8 Å². The van der Waals surface area contributed by atoms with Crippen molar-refractivity contribution in [3.63, 3.8) is 0 Å². The van der Waals surface area contributed by atoms with Crippen LogP contribution in [0.3, 0.4) is 0 Å². The molecule has 0 aliphatic heterocycles. The fraction of sp³-hybridized carbons (Fsp3) is 1.00. The van der Waals surface area contributed by atoms with Crippen molar-refractivity contribution in [2.45, 2.75) is 44.1 Å². The monoisotopic (exact) mass is 186 g/mol. The maximum Gasteiger partial charge on any atom is 0.0623 e. The third kappa shape index (κ3) is 3.25. The molecule has 3 heteroatoms. The molecule has 78 valence electrons. The lowest BCUT2D eigenvalue weighted by molar-refractivity contribution is 0.160. The van der Waals surface area contributed by atoms with Gasteiger partial charge in [-0.15, -0.1) is 0 Å². The van der Waals surface area contributed by atoms with Crippen LogP contribution < -0.4 is 11.5 Å². The van der Waals surface area contributed by atoms with E-state index in [4.69, 9.17) is 16.6 Å². The Hall–Kier alpha value is -0.120. The summed E-state index contributed by atoms with van der Waals surface area (Å²) in [4.78, 5) is 0. The van der Waals surface area contributed by atoms with Gasteiger partial charge >= 0.3 is 0 Å². The second kappa shape index (κ2) is 4.94. The van der Waals surface area contributed by atoms with E-state index in [0.717, 1.165) is 6.42 Å². The van der Waals surface area contributed by atoms with Gasteiger partial charge in [-0.2, -0.15) is 0 Å². The molecule has 0 amide bonds. The van der Waals surface area contributed by atoms with Crippen molar-refractivity contribution in [1.82, 2.24) is 0 Å². The first-order chi connectivity index (χ1) is 6.20. The molecule has 1 aliphatic rings. The van der Waals surface area contributed by atoms with E-state index < -0.39 is 5.54 Å². The second-order valence-electron chi connectivity index (χ2n) is 4.43. The third-order valence-electron chi connectivity index (χ3n) is 3.14. The summed E-state index contributed by atoms with van der Waals surface area (Å²) in [5.41, 5.74) is 11.0. The summed E-state index contributed by atoms with van der Waals surface area (Å²) in [5.74, 6) is 0.689. The normalized spacial score (nSPS) is 24.2. The van der Waals surface area contributed by atoms with Gasteiger partial charge < -0.3 is 16.6 Å². The Morgan fingerprint density at radius 2 is 1.85 bits per heavy atom. The average molecular weight is 186 g/mol. The molecule has 0 aromatic rings. The van der Waals surface area contributed by atoms with Crippen LogP contribution in [0.4, 0.5) is 0 Å². The predicted molar refractivity (Wildman–Crippen MR) is 54.3 cm³/mol. The van der Waals surface area contributed by atoms with Gasteiger partial charge in [-0.3, -0.25) is 0 Å². The Bertz CT molecular complexity index is 140. The van der Waals surface area contributed by atoms with E-state index in [-0.39, 0.29) is 6.61 Å². The van der Waals surface area contributed by atoms with Gasteiger partial charge in [-0.25, -0.2) is 0 Å². The Kier molecular flexibility index (Phi) is 4.16. The molecule has 0 spiro atoms. The van der Waals surface area contributed by atoms with E-state index in [2.05, 4.69) is 0 Å². The Morgan fingerprint density at radius 1 is 1.23 bits per heavy atom. The zero-order valence-electron chi connectivity index (χ0n) is 8.34. The van der Waals surface area contributed by atoms with Gasteiger partial charge in [0.15, 0.2) is 0 Å². The van der Waals surface area contributed by atoms with Gasteiger partial charge in [-0.1, -0.05) is 32.1 Å². The zero-order chi connectivity index (χ0) is 9.73. The fourth-order valence-corrected chi connectivity index (χ4v) is 2.18. The van der Waals surface area contributed by atoms with Crippen LogP contribution in [0, 0.1) is 5.92 Å². The van der Waals surface area contributed by atoms with Gasteiger partial charge in [0.25, 0.3) is 0 Å². The van der Waals surface area contributed by atoms with Crippen molar-refractivity contribution in [1.29, 1.82) is 0 Å². The van der Waals surface area contributed by atoms with E-state index in [9.17, 15) is 0 Å². The third-order valence-corrected chi connectivity index (χ3v) is 3.14. The topological polar surface area (TPSA) is 72.3 Å². The summed E-state index contributed by atoms with van der Waals surface area (Å²) in [7, 11) is 0. The van der Waals surface area contributed by atoms with Crippen molar-refractivity contribution < 1.29 is 5.11 Å². The minimum atomic E-state index is -0.526. The molecule has 1 atom stereocenters. The zero-order valence-corrected chi connectivity index (χ0v) is 8.34. The van der Waals surface area contributed by atoms with Crippen molar-refractivity contribution >= 4 is 0 Å². The van der Waals surface area contributed by atoms with Crippen molar-refractivity contribution in [3.05, 3.63) is 0 Å². The van der Waals surface area contributed by atoms with Crippen molar-refractivity contribution in [3.8, 4) is 0 Å². The molecule has 5 N–H and O–H groups in total. The molecule has 0 saturated heterocycles. The highest BCUT2D eigenvalue weighted by Gasteiger charge is 2.27. The first-order valence-corrected chi connectivity index (χ1v) is 5.30. The number of rotatable bonds is 4. The summed E-state index contributed by atoms with van der Waals surface area (Å²) < 4.78 is 0. The van der Waals surface area contributed by atoms with E-state index in [1.807, 2.05) is 0 Å². The number of hydrogen-bond acceptors (Lipinski definition) is 3. The molecular weight excluding hydrogens is 164 g/mol. The number of aliphatic hydroxyl groups excluding tert-OH is 1. The Labute approximate surface area is 80.5 Å². The smallest absolute Gasteiger partial charge is 0.0623 e. The number of nitrogens with two attached hydrogens (primary N) is 2. The van der Waals surface area contributed by atoms with Gasteiger partial charge in [-0.05, 0) is 12.3 Å². The van der Waals surface area contributed by atoms with Crippen molar-refractivity contribution in [2.75, 3.05) is 13.2 Å². The maximum absolute atomic E-state index is 9.11. The molecule has 1 fully saturated rings. The maximum atomic E-state index is 9.11. The SMILES string of the molecule is NCC(N)(CO)CC1CCCCC1. The molecule has 1 saturated carbocycles. The Morgan fingerprint density at radius 3 is 2.31 bits per heavy atom. The standard InChI is InChI=1S/C10H22N2O/c11-7-10(12,8-13)6-9-4-2-1-3-5-9/h9,13H,1-8,11-12H2. The fourth-order valence-electron chi connectivity index (χ4n) is 2.18. The molecule has 0 heterocycles. The van der Waals surface area contributed by atoms with Gasteiger partial charge in [0.1, 0.15) is 0 Å². The van der Waals surface area contributed by atoms with E-state index >= 15 is 0 Å². The average Bonchev–Trinajstić information content (AvgIpc) is 2.19. The lowest BCUT2D eigenvalue weighted by atomic mass is 9.80. The molecule has 1 unspecified atom stereocenters. The highest BCUT2D eigenvalue weighted by molar-refractivity contribution is 4.87. The summed E-state index contributed by atoms with van der Waals surface area (Å²) in [6.07, 6.45) is 7.40. The van der Waals surface area contributed by atoms with E-state index in [1.165, 1.54) is 32.1 Å². The molecular formula is C10H22N2O. The predicted octanol–water partition coefficient (Wildman–Crippen LogP) is 0.605. The minimum Gasteiger partial charge on any atom is -0.394 e. The van der Waals surface area contributed by atoms with Gasteiger partial charge in [0, 0.05) is 6.54 Å². The summed E-state index contributed by atoms with van der Waals surface area (Å²) in [6, 6.07) is 0. The van der Waals surface area contributed by atoms with Crippen LogP contribution in [0.2, 0.25) is 0 Å². The lowest BCUT2D eigenvalue weighted by Crippen LogP contribution is -2.51. The first kappa shape index (κ1) is 11.0. The summed E-state index contributed by atoms with van der Waals surface area (Å²) in [6.45, 7) is 0.403. The lowest BCUT2D eigenvalue weighted by Gasteiger charge is -2.32. The van der Waals surface area contributed by atoms with E-state index in [1.54, 1.807) is 0 Å². The molecule has 0 bridgehead atoms. The molecule has 0 radical (unpaired) electrons. The van der Waals surface area contributed by atoms with Crippen LogP contribution in [-0.2, 0) is 0 Å². The minimum absolute atomic E-state index is 0.0139. The van der Waals surface area contributed by atoms with Gasteiger partial charge in [0.05, 0.1) is 12.1 Å². The molecule has 1 aliphatic carbocycles. The highest BCUT2D eigenvalue weighted by atomic mass is 16.3. The molecule has 1 rings (SSSR count). The molecule has 13 heavy (non-hydrogen) atoms. The van der Waals surface area contributed by atoms with Crippen molar-refractivity contribution in [2.24, 2.45) is 17.4 Å². The quantitative estimate of drug-likeness (QED) is 0.602. The first-order valence-electron chi connectivity index (χ1n) is 5.30. The summed E-state index contributed by atoms with van der Waals surface area (Å²) in [5, 5.41) is 9.11. The Balaban J connectivity index is 2.35.